The van der Waals surface area contributed by atoms with Gasteiger partial charge in [-0.1, -0.05) is 23.7 Å². The Balaban J connectivity index is 1.90. The molecule has 0 saturated carbocycles. The third-order valence-corrected chi connectivity index (χ3v) is 4.64. The van der Waals surface area contributed by atoms with Crippen LogP contribution in [0.25, 0.3) is 5.65 Å². The second kappa shape index (κ2) is 6.05. The molecule has 21 heavy (non-hydrogen) atoms. The predicted molar refractivity (Wildman–Crippen MR) is 86.0 cm³/mol. The summed E-state index contributed by atoms with van der Waals surface area (Å²) in [5.74, 6) is 0. The lowest BCUT2D eigenvalue weighted by molar-refractivity contribution is 0.652. The summed E-state index contributed by atoms with van der Waals surface area (Å²) in [6.45, 7) is 2.08. The van der Waals surface area contributed by atoms with Crippen LogP contribution in [0.2, 0.25) is 5.02 Å². The molecule has 0 aliphatic rings. The van der Waals surface area contributed by atoms with Crippen LogP contribution in [0.4, 0.5) is 0 Å². The van der Waals surface area contributed by atoms with Crippen LogP contribution in [0.1, 0.15) is 18.5 Å². The van der Waals surface area contributed by atoms with Crippen LogP contribution < -0.4 is 5.32 Å². The fourth-order valence-corrected chi connectivity index (χ4v) is 3.34. The van der Waals surface area contributed by atoms with E-state index < -0.39 is 0 Å². The highest BCUT2D eigenvalue weighted by Gasteiger charge is 2.11. The molecule has 0 spiro atoms. The molecule has 2 heterocycles. The number of pyridine rings is 1. The van der Waals surface area contributed by atoms with Crippen molar-refractivity contribution in [1.82, 2.24) is 19.9 Å². The average molecular weight is 319 g/mol. The van der Waals surface area contributed by atoms with Crippen LogP contribution in [0.5, 0.6) is 0 Å². The Morgan fingerprint density at radius 2 is 2.10 bits per heavy atom. The number of halogens is 1. The van der Waals surface area contributed by atoms with Crippen molar-refractivity contribution in [3.05, 3.63) is 53.2 Å². The first-order valence-electron chi connectivity index (χ1n) is 6.63. The average Bonchev–Trinajstić information content (AvgIpc) is 2.90. The molecule has 1 atom stereocenters. The molecule has 0 amide bonds. The third kappa shape index (κ3) is 2.90. The minimum absolute atomic E-state index is 0.227. The molecule has 1 N–H and O–H groups in total. The van der Waals surface area contributed by atoms with Gasteiger partial charge in [-0.15, -0.1) is 10.2 Å². The molecule has 3 rings (SSSR count). The Bertz CT molecular complexity index is 771. The fourth-order valence-electron chi connectivity index (χ4n) is 2.07. The van der Waals surface area contributed by atoms with E-state index in [0.717, 1.165) is 26.3 Å². The zero-order chi connectivity index (χ0) is 14.8. The summed E-state index contributed by atoms with van der Waals surface area (Å²) in [5, 5.41) is 13.1. The molecule has 4 nitrogen and oxygen atoms in total. The molecule has 108 valence electrons. The molecule has 0 aliphatic carbocycles. The number of aromatic nitrogens is 3. The van der Waals surface area contributed by atoms with E-state index in [0.29, 0.717) is 0 Å². The van der Waals surface area contributed by atoms with Crippen LogP contribution in [0, 0.1) is 0 Å². The normalized spacial score (nSPS) is 12.7. The molecule has 0 aliphatic heterocycles. The van der Waals surface area contributed by atoms with Crippen molar-refractivity contribution in [2.45, 2.75) is 23.0 Å². The van der Waals surface area contributed by atoms with E-state index in [1.165, 1.54) is 0 Å². The van der Waals surface area contributed by atoms with Crippen molar-refractivity contribution in [1.29, 1.82) is 0 Å². The lowest BCUT2D eigenvalue weighted by atomic mass is 10.1. The summed E-state index contributed by atoms with van der Waals surface area (Å²) in [6, 6.07) is 12.2. The lowest BCUT2D eigenvalue weighted by Gasteiger charge is -2.13. The van der Waals surface area contributed by atoms with Crippen molar-refractivity contribution < 1.29 is 0 Å². The van der Waals surface area contributed by atoms with Gasteiger partial charge in [-0.25, -0.2) is 0 Å². The predicted octanol–water partition coefficient (Wildman–Crippen LogP) is 3.81. The Hall–Kier alpha value is -1.56. The van der Waals surface area contributed by atoms with Crippen LogP contribution in [0.15, 0.2) is 52.6 Å². The summed E-state index contributed by atoms with van der Waals surface area (Å²) in [6.07, 6.45) is 1.96. The molecule has 1 aromatic carbocycles. The molecular weight excluding hydrogens is 304 g/mol. The summed E-state index contributed by atoms with van der Waals surface area (Å²) >= 11 is 7.92. The summed E-state index contributed by atoms with van der Waals surface area (Å²) < 4.78 is 1.96. The Morgan fingerprint density at radius 1 is 1.24 bits per heavy atom. The van der Waals surface area contributed by atoms with Gasteiger partial charge in [-0.2, -0.15) is 0 Å². The topological polar surface area (TPSA) is 42.2 Å². The number of benzene rings is 1. The summed E-state index contributed by atoms with van der Waals surface area (Å²) in [7, 11) is 1.92. The van der Waals surface area contributed by atoms with Gasteiger partial charge in [0.25, 0.3) is 0 Å². The first kappa shape index (κ1) is 14.4. The molecular formula is C15H15ClN4S. The molecule has 0 bridgehead atoms. The number of hydrogen-bond acceptors (Lipinski definition) is 4. The van der Waals surface area contributed by atoms with Crippen LogP contribution in [0.3, 0.4) is 0 Å². The molecule has 6 heteroatoms. The van der Waals surface area contributed by atoms with Gasteiger partial charge in [0.05, 0.1) is 0 Å². The van der Waals surface area contributed by atoms with E-state index in [-0.39, 0.29) is 6.04 Å². The summed E-state index contributed by atoms with van der Waals surface area (Å²) in [5.41, 5.74) is 1.93. The highest BCUT2D eigenvalue weighted by Crippen LogP contribution is 2.31. The van der Waals surface area contributed by atoms with E-state index in [1.807, 2.05) is 41.9 Å². The van der Waals surface area contributed by atoms with Crippen LogP contribution in [-0.4, -0.2) is 21.6 Å². The lowest BCUT2D eigenvalue weighted by Crippen LogP contribution is -2.12. The van der Waals surface area contributed by atoms with Gasteiger partial charge >= 0.3 is 0 Å². The van der Waals surface area contributed by atoms with E-state index in [1.54, 1.807) is 11.8 Å². The van der Waals surface area contributed by atoms with E-state index in [4.69, 9.17) is 11.6 Å². The highest BCUT2D eigenvalue weighted by molar-refractivity contribution is 7.99. The molecule has 1 unspecified atom stereocenters. The first-order valence-corrected chi connectivity index (χ1v) is 7.83. The Kier molecular flexibility index (Phi) is 4.14. The van der Waals surface area contributed by atoms with Crippen molar-refractivity contribution in [2.75, 3.05) is 7.05 Å². The first-order chi connectivity index (χ1) is 10.2. The van der Waals surface area contributed by atoms with Crippen molar-refractivity contribution in [3.63, 3.8) is 0 Å². The largest absolute Gasteiger partial charge is 0.313 e. The maximum Gasteiger partial charge on any atom is 0.200 e. The molecule has 0 saturated heterocycles. The maximum atomic E-state index is 6.37. The second-order valence-corrected chi connectivity index (χ2v) is 6.16. The maximum absolute atomic E-state index is 6.37. The smallest absolute Gasteiger partial charge is 0.200 e. The minimum Gasteiger partial charge on any atom is -0.313 e. The fraction of sp³-hybridized carbons (Fsp3) is 0.200. The van der Waals surface area contributed by atoms with Gasteiger partial charge in [-0.05, 0) is 55.6 Å². The van der Waals surface area contributed by atoms with Gasteiger partial charge in [0.15, 0.2) is 10.8 Å². The number of rotatable bonds is 4. The van der Waals surface area contributed by atoms with Gasteiger partial charge in [0, 0.05) is 22.2 Å². The van der Waals surface area contributed by atoms with Gasteiger partial charge in [0.2, 0.25) is 0 Å². The van der Waals surface area contributed by atoms with Crippen LogP contribution >= 0.6 is 23.4 Å². The molecule has 0 radical (unpaired) electrons. The quantitative estimate of drug-likeness (QED) is 0.794. The highest BCUT2D eigenvalue weighted by atomic mass is 35.5. The van der Waals surface area contributed by atoms with Crippen molar-refractivity contribution >= 4 is 29.0 Å². The zero-order valence-electron chi connectivity index (χ0n) is 11.7. The van der Waals surface area contributed by atoms with E-state index >= 15 is 0 Å². The number of nitrogens with zero attached hydrogens (tertiary/aromatic N) is 3. The zero-order valence-corrected chi connectivity index (χ0v) is 13.3. The van der Waals surface area contributed by atoms with Gasteiger partial charge in [-0.3, -0.25) is 4.40 Å². The Labute approximate surface area is 132 Å². The monoisotopic (exact) mass is 318 g/mol. The molecule has 0 fully saturated rings. The standard InChI is InChI=1S/C15H15ClN4S/c1-10(17-2)12-7-6-11(9-13(12)16)21-15-19-18-14-5-3-4-8-20(14)15/h3-10,17H,1-2H3. The van der Waals surface area contributed by atoms with E-state index in [2.05, 4.69) is 34.6 Å². The number of hydrogen-bond donors (Lipinski definition) is 1. The third-order valence-electron chi connectivity index (χ3n) is 3.36. The second-order valence-electron chi connectivity index (χ2n) is 4.71. The summed E-state index contributed by atoms with van der Waals surface area (Å²) in [4.78, 5) is 1.05. The van der Waals surface area contributed by atoms with Gasteiger partial charge in [0.1, 0.15) is 0 Å². The van der Waals surface area contributed by atoms with Gasteiger partial charge < -0.3 is 5.32 Å². The molecule has 2 aromatic heterocycles. The molecule has 3 aromatic rings. The van der Waals surface area contributed by atoms with Crippen LogP contribution in [-0.2, 0) is 0 Å². The number of fused-ring (bicyclic) bond motifs is 1. The minimum atomic E-state index is 0.227. The Morgan fingerprint density at radius 3 is 2.86 bits per heavy atom. The van der Waals surface area contributed by atoms with E-state index in [9.17, 15) is 0 Å². The number of nitrogens with one attached hydrogen (secondary N) is 1. The van der Waals surface area contributed by atoms with Crippen molar-refractivity contribution in [3.8, 4) is 0 Å². The van der Waals surface area contributed by atoms with Crippen molar-refractivity contribution in [2.24, 2.45) is 0 Å². The SMILES string of the molecule is CNC(C)c1ccc(Sc2nnc3ccccn23)cc1Cl.